The molecule has 0 aliphatic carbocycles. The number of allylic oxidation sites excluding steroid dienone is 1. The van der Waals surface area contributed by atoms with Crippen LogP contribution in [0.2, 0.25) is 0 Å². The molecule has 1 unspecified atom stereocenters. The average Bonchev–Trinajstić information content (AvgIpc) is 2.05. The maximum Gasteiger partial charge on any atom is 0.0784 e. The Hall–Kier alpha value is -0.300. The summed E-state index contributed by atoms with van der Waals surface area (Å²) in [5, 5.41) is 0. The van der Waals surface area contributed by atoms with E-state index in [1.165, 1.54) is 30.4 Å². The van der Waals surface area contributed by atoms with Gasteiger partial charge in [0.2, 0.25) is 0 Å². The van der Waals surface area contributed by atoms with Crippen LogP contribution in [0.15, 0.2) is 11.1 Å². The van der Waals surface area contributed by atoms with Gasteiger partial charge in [-0.2, -0.15) is 0 Å². The highest BCUT2D eigenvalue weighted by Crippen LogP contribution is 2.21. The van der Waals surface area contributed by atoms with Crippen LogP contribution in [-0.4, -0.2) is 12.7 Å². The lowest BCUT2D eigenvalue weighted by Gasteiger charge is -2.24. The number of rotatable bonds is 1. The summed E-state index contributed by atoms with van der Waals surface area (Å²) in [5.74, 6) is 0. The summed E-state index contributed by atoms with van der Waals surface area (Å²) in [6.07, 6.45) is 4.22. The number of hydrogen-bond acceptors (Lipinski definition) is 1. The molecule has 64 valence electrons. The smallest absolute Gasteiger partial charge is 0.0784 e. The normalized spacial score (nSPS) is 24.8. The van der Waals surface area contributed by atoms with Crippen LogP contribution in [0, 0.1) is 0 Å². The van der Waals surface area contributed by atoms with Gasteiger partial charge in [0, 0.05) is 6.61 Å². The van der Waals surface area contributed by atoms with E-state index >= 15 is 0 Å². The highest BCUT2D eigenvalue weighted by atomic mass is 16.5. The molecule has 1 heterocycles. The molecule has 1 nitrogen and oxygen atoms in total. The largest absolute Gasteiger partial charge is 0.374 e. The van der Waals surface area contributed by atoms with Crippen molar-refractivity contribution in [2.45, 2.75) is 46.1 Å². The van der Waals surface area contributed by atoms with E-state index in [-0.39, 0.29) is 0 Å². The second kappa shape index (κ2) is 3.91. The molecule has 1 atom stereocenters. The maximum atomic E-state index is 5.64. The molecule has 1 heteroatoms. The summed E-state index contributed by atoms with van der Waals surface area (Å²) in [6, 6.07) is 0. The highest BCUT2D eigenvalue weighted by molar-refractivity contribution is 5.12. The molecule has 0 radical (unpaired) electrons. The van der Waals surface area contributed by atoms with Gasteiger partial charge in [-0.15, -0.1) is 0 Å². The summed E-state index contributed by atoms with van der Waals surface area (Å²) in [5.41, 5.74) is 2.85. The molecular formula is C10H18O. The van der Waals surface area contributed by atoms with Crippen LogP contribution in [-0.2, 0) is 4.74 Å². The van der Waals surface area contributed by atoms with Crippen LogP contribution in [0.5, 0.6) is 0 Å². The molecule has 0 aromatic rings. The molecule has 1 saturated heterocycles. The van der Waals surface area contributed by atoms with E-state index < -0.39 is 0 Å². The van der Waals surface area contributed by atoms with Gasteiger partial charge in [-0.1, -0.05) is 5.57 Å². The first kappa shape index (κ1) is 8.79. The third-order valence-corrected chi connectivity index (χ3v) is 2.45. The van der Waals surface area contributed by atoms with E-state index in [0.717, 1.165) is 6.61 Å². The van der Waals surface area contributed by atoms with Gasteiger partial charge in [-0.05, 0) is 45.6 Å². The Labute approximate surface area is 69.4 Å². The number of hydrogen-bond donors (Lipinski definition) is 0. The first-order chi connectivity index (χ1) is 5.22. The van der Waals surface area contributed by atoms with Crippen LogP contribution >= 0.6 is 0 Å². The topological polar surface area (TPSA) is 9.23 Å². The van der Waals surface area contributed by atoms with Gasteiger partial charge in [-0.3, -0.25) is 0 Å². The van der Waals surface area contributed by atoms with Crippen molar-refractivity contribution >= 4 is 0 Å². The lowest BCUT2D eigenvalue weighted by atomic mass is 10.00. The molecular weight excluding hydrogens is 136 g/mol. The number of ether oxygens (including phenoxy) is 1. The van der Waals surface area contributed by atoms with E-state index in [4.69, 9.17) is 4.74 Å². The molecule has 11 heavy (non-hydrogen) atoms. The van der Waals surface area contributed by atoms with Crippen molar-refractivity contribution in [2.24, 2.45) is 0 Å². The monoisotopic (exact) mass is 154 g/mol. The SMILES string of the molecule is CC(C)=C(C)C1CCCCO1. The van der Waals surface area contributed by atoms with E-state index in [2.05, 4.69) is 20.8 Å². The fraction of sp³-hybridized carbons (Fsp3) is 0.800. The van der Waals surface area contributed by atoms with E-state index in [1.54, 1.807) is 0 Å². The van der Waals surface area contributed by atoms with E-state index in [0.29, 0.717) is 6.10 Å². The first-order valence-electron chi connectivity index (χ1n) is 4.47. The molecule has 0 amide bonds. The lowest BCUT2D eigenvalue weighted by molar-refractivity contribution is 0.0388. The van der Waals surface area contributed by atoms with Crippen molar-refractivity contribution in [2.75, 3.05) is 6.61 Å². The first-order valence-corrected chi connectivity index (χ1v) is 4.47. The molecule has 1 aliphatic heterocycles. The van der Waals surface area contributed by atoms with Crippen LogP contribution in [0.3, 0.4) is 0 Å². The van der Waals surface area contributed by atoms with Crippen molar-refractivity contribution in [1.82, 2.24) is 0 Å². The summed E-state index contributed by atoms with van der Waals surface area (Å²) < 4.78 is 5.64. The van der Waals surface area contributed by atoms with Crippen molar-refractivity contribution in [3.8, 4) is 0 Å². The summed E-state index contributed by atoms with van der Waals surface area (Å²) in [4.78, 5) is 0. The molecule has 1 fully saturated rings. The Morgan fingerprint density at radius 2 is 1.91 bits per heavy atom. The van der Waals surface area contributed by atoms with Gasteiger partial charge < -0.3 is 4.74 Å². The van der Waals surface area contributed by atoms with Crippen LogP contribution in [0.1, 0.15) is 40.0 Å². The molecule has 0 aromatic carbocycles. The Morgan fingerprint density at radius 3 is 2.36 bits per heavy atom. The van der Waals surface area contributed by atoms with E-state index in [9.17, 15) is 0 Å². The Balaban J connectivity index is 2.52. The average molecular weight is 154 g/mol. The van der Waals surface area contributed by atoms with Crippen molar-refractivity contribution < 1.29 is 4.74 Å². The van der Waals surface area contributed by atoms with Gasteiger partial charge in [0.05, 0.1) is 6.10 Å². The second-order valence-electron chi connectivity index (χ2n) is 3.54. The summed E-state index contributed by atoms with van der Waals surface area (Å²) in [6.45, 7) is 7.46. The van der Waals surface area contributed by atoms with Crippen molar-refractivity contribution in [3.05, 3.63) is 11.1 Å². The van der Waals surface area contributed by atoms with E-state index in [1.807, 2.05) is 0 Å². The Morgan fingerprint density at radius 1 is 1.18 bits per heavy atom. The molecule has 1 rings (SSSR count). The molecule has 0 N–H and O–H groups in total. The molecule has 1 aliphatic rings. The third kappa shape index (κ3) is 2.33. The predicted octanol–water partition coefficient (Wildman–Crippen LogP) is 2.91. The Kier molecular flexibility index (Phi) is 3.13. The maximum absolute atomic E-state index is 5.64. The highest BCUT2D eigenvalue weighted by Gasteiger charge is 2.15. The summed E-state index contributed by atoms with van der Waals surface area (Å²) in [7, 11) is 0. The third-order valence-electron chi connectivity index (χ3n) is 2.45. The van der Waals surface area contributed by atoms with Crippen molar-refractivity contribution in [3.63, 3.8) is 0 Å². The fourth-order valence-corrected chi connectivity index (χ4v) is 1.40. The van der Waals surface area contributed by atoms with Gasteiger partial charge in [0.1, 0.15) is 0 Å². The minimum atomic E-state index is 0.425. The van der Waals surface area contributed by atoms with Crippen molar-refractivity contribution in [1.29, 1.82) is 0 Å². The van der Waals surface area contributed by atoms with Gasteiger partial charge in [-0.25, -0.2) is 0 Å². The quantitative estimate of drug-likeness (QED) is 0.528. The molecule has 0 aromatic heterocycles. The minimum absolute atomic E-state index is 0.425. The standard InChI is InChI=1S/C10H18O/c1-8(2)9(3)10-6-4-5-7-11-10/h10H,4-7H2,1-3H3. The zero-order valence-electron chi connectivity index (χ0n) is 7.81. The lowest BCUT2D eigenvalue weighted by Crippen LogP contribution is -2.20. The van der Waals surface area contributed by atoms with Gasteiger partial charge in [0.25, 0.3) is 0 Å². The molecule has 0 saturated carbocycles. The minimum Gasteiger partial charge on any atom is -0.374 e. The van der Waals surface area contributed by atoms with Gasteiger partial charge in [0.15, 0.2) is 0 Å². The van der Waals surface area contributed by atoms with Crippen LogP contribution in [0.4, 0.5) is 0 Å². The fourth-order valence-electron chi connectivity index (χ4n) is 1.40. The molecule has 0 spiro atoms. The Bertz CT molecular complexity index is 148. The second-order valence-corrected chi connectivity index (χ2v) is 3.54. The molecule has 0 bridgehead atoms. The van der Waals surface area contributed by atoms with Crippen LogP contribution in [0.25, 0.3) is 0 Å². The predicted molar refractivity (Wildman–Crippen MR) is 47.6 cm³/mol. The summed E-state index contributed by atoms with van der Waals surface area (Å²) >= 11 is 0. The van der Waals surface area contributed by atoms with Gasteiger partial charge >= 0.3 is 0 Å². The zero-order chi connectivity index (χ0) is 8.27. The van der Waals surface area contributed by atoms with Crippen LogP contribution < -0.4 is 0 Å². The zero-order valence-corrected chi connectivity index (χ0v) is 7.81.